The molecule has 0 N–H and O–H groups in total. The van der Waals surface area contributed by atoms with Gasteiger partial charge in [0.25, 0.3) is 0 Å². The summed E-state index contributed by atoms with van der Waals surface area (Å²) in [6.07, 6.45) is 3.42. The van der Waals surface area contributed by atoms with Crippen LogP contribution in [0.25, 0.3) is 0 Å². The van der Waals surface area contributed by atoms with Crippen LogP contribution in [0.15, 0.2) is 30.3 Å². The topological polar surface area (TPSA) is 43.9 Å². The van der Waals surface area contributed by atoms with Crippen LogP contribution in [-0.4, -0.2) is 65.8 Å². The predicted molar refractivity (Wildman–Crippen MR) is 103 cm³/mol. The number of hydrogen-bond donors (Lipinski definition) is 0. The van der Waals surface area contributed by atoms with Crippen LogP contribution in [0.4, 0.5) is 0 Å². The monoisotopic (exact) mass is 357 g/mol. The van der Waals surface area contributed by atoms with Gasteiger partial charge in [-0.3, -0.25) is 14.5 Å². The number of amides is 2. The summed E-state index contributed by atoms with van der Waals surface area (Å²) in [5.74, 6) is 0.462. The van der Waals surface area contributed by atoms with E-state index in [0.717, 1.165) is 44.6 Å². The van der Waals surface area contributed by atoms with E-state index in [2.05, 4.69) is 17.0 Å². The molecule has 1 aromatic carbocycles. The van der Waals surface area contributed by atoms with Gasteiger partial charge in [-0.05, 0) is 24.8 Å². The van der Waals surface area contributed by atoms with Gasteiger partial charge in [-0.1, -0.05) is 44.2 Å². The number of nitrogens with zero attached hydrogens (tertiary/aromatic N) is 3. The molecular formula is C21H31N3O2. The molecule has 2 amide bonds. The van der Waals surface area contributed by atoms with Crippen LogP contribution in [0.5, 0.6) is 0 Å². The molecule has 1 unspecified atom stereocenters. The van der Waals surface area contributed by atoms with E-state index in [1.165, 1.54) is 6.42 Å². The molecule has 0 spiro atoms. The third-order valence-corrected chi connectivity index (χ3v) is 5.50. The van der Waals surface area contributed by atoms with E-state index in [9.17, 15) is 9.59 Å². The average molecular weight is 357 g/mol. The first kappa shape index (κ1) is 18.9. The Labute approximate surface area is 156 Å². The van der Waals surface area contributed by atoms with Crippen LogP contribution < -0.4 is 0 Å². The third kappa shape index (κ3) is 4.26. The minimum atomic E-state index is -0.231. The van der Waals surface area contributed by atoms with Gasteiger partial charge >= 0.3 is 0 Å². The number of likely N-dealkylation sites (tertiary alicyclic amines) is 1. The van der Waals surface area contributed by atoms with E-state index in [0.29, 0.717) is 13.1 Å². The zero-order valence-electron chi connectivity index (χ0n) is 16.1. The van der Waals surface area contributed by atoms with Crippen molar-refractivity contribution in [2.75, 3.05) is 39.3 Å². The molecule has 2 aliphatic heterocycles. The zero-order chi connectivity index (χ0) is 18.5. The SMILES string of the molecule is CC(C)C(=O)N1CCN(C(C(=O)N2CCCCC2)c2ccccc2)CC1. The lowest BCUT2D eigenvalue weighted by molar-refractivity contribution is -0.141. The maximum absolute atomic E-state index is 13.3. The first-order valence-corrected chi connectivity index (χ1v) is 9.94. The fourth-order valence-corrected chi connectivity index (χ4v) is 4.00. The molecule has 0 aromatic heterocycles. The Morgan fingerprint density at radius 3 is 1.92 bits per heavy atom. The van der Waals surface area contributed by atoms with Crippen LogP contribution in [0, 0.1) is 5.92 Å². The van der Waals surface area contributed by atoms with E-state index in [-0.39, 0.29) is 23.8 Å². The van der Waals surface area contributed by atoms with E-state index < -0.39 is 0 Å². The van der Waals surface area contributed by atoms with Crippen molar-refractivity contribution in [1.29, 1.82) is 0 Å². The van der Waals surface area contributed by atoms with Gasteiger partial charge in [-0.2, -0.15) is 0 Å². The Balaban J connectivity index is 1.74. The number of rotatable bonds is 4. The van der Waals surface area contributed by atoms with E-state index in [1.54, 1.807) is 0 Å². The van der Waals surface area contributed by atoms with Crippen molar-refractivity contribution < 1.29 is 9.59 Å². The summed E-state index contributed by atoms with van der Waals surface area (Å²) in [6.45, 7) is 8.53. The van der Waals surface area contributed by atoms with Crippen molar-refractivity contribution in [1.82, 2.24) is 14.7 Å². The molecular weight excluding hydrogens is 326 g/mol. The number of hydrogen-bond acceptors (Lipinski definition) is 3. The van der Waals surface area contributed by atoms with Gasteiger partial charge in [-0.25, -0.2) is 0 Å². The molecule has 2 saturated heterocycles. The summed E-state index contributed by atoms with van der Waals surface area (Å²) in [5.41, 5.74) is 1.06. The third-order valence-electron chi connectivity index (χ3n) is 5.50. The van der Waals surface area contributed by atoms with Gasteiger partial charge in [0.1, 0.15) is 6.04 Å². The molecule has 0 aliphatic carbocycles. The van der Waals surface area contributed by atoms with Crippen LogP contribution >= 0.6 is 0 Å². The minimum absolute atomic E-state index is 0.0291. The number of carbonyl (C=O) groups excluding carboxylic acids is 2. The fourth-order valence-electron chi connectivity index (χ4n) is 4.00. The zero-order valence-corrected chi connectivity index (χ0v) is 16.1. The molecule has 0 radical (unpaired) electrons. The van der Waals surface area contributed by atoms with Gasteiger partial charge in [0, 0.05) is 45.2 Å². The van der Waals surface area contributed by atoms with Gasteiger partial charge in [0.2, 0.25) is 11.8 Å². The molecule has 3 rings (SSSR count). The standard InChI is InChI=1S/C21H31N3O2/c1-17(2)20(25)24-15-13-22(14-16-24)19(18-9-5-3-6-10-18)21(26)23-11-7-4-8-12-23/h3,5-6,9-10,17,19H,4,7-8,11-16H2,1-2H3. The highest BCUT2D eigenvalue weighted by Gasteiger charge is 2.34. The highest BCUT2D eigenvalue weighted by Crippen LogP contribution is 2.26. The van der Waals surface area contributed by atoms with Crippen molar-refractivity contribution in [2.45, 2.75) is 39.2 Å². The maximum atomic E-state index is 13.3. The second kappa shape index (κ2) is 8.67. The Hall–Kier alpha value is -1.88. The summed E-state index contributed by atoms with van der Waals surface area (Å²) in [5, 5.41) is 0. The lowest BCUT2D eigenvalue weighted by atomic mass is 10.0. The van der Waals surface area contributed by atoms with Crippen LogP contribution in [0.3, 0.4) is 0 Å². The predicted octanol–water partition coefficient (Wildman–Crippen LogP) is 2.54. The van der Waals surface area contributed by atoms with Crippen LogP contribution in [0.1, 0.15) is 44.7 Å². The molecule has 2 aliphatic rings. The van der Waals surface area contributed by atoms with E-state index in [1.807, 2.05) is 41.8 Å². The quantitative estimate of drug-likeness (QED) is 0.832. The van der Waals surface area contributed by atoms with Crippen LogP contribution in [0.2, 0.25) is 0 Å². The number of benzene rings is 1. The first-order chi connectivity index (χ1) is 12.6. The molecule has 2 fully saturated rings. The van der Waals surface area contributed by atoms with Crippen molar-refractivity contribution in [3.8, 4) is 0 Å². The molecule has 0 bridgehead atoms. The van der Waals surface area contributed by atoms with Crippen LogP contribution in [-0.2, 0) is 9.59 Å². The summed E-state index contributed by atoms with van der Waals surface area (Å²) in [4.78, 5) is 31.8. The lowest BCUT2D eigenvalue weighted by Gasteiger charge is -2.41. The Morgan fingerprint density at radius 2 is 1.35 bits per heavy atom. The Kier molecular flexibility index (Phi) is 6.30. The van der Waals surface area contributed by atoms with Gasteiger partial charge in [0.05, 0.1) is 0 Å². The normalized spacial score (nSPS) is 20.3. The average Bonchev–Trinajstić information content (AvgIpc) is 2.69. The van der Waals surface area contributed by atoms with Crippen molar-refractivity contribution in [3.63, 3.8) is 0 Å². The largest absolute Gasteiger partial charge is 0.341 e. The number of carbonyl (C=O) groups is 2. The molecule has 5 heteroatoms. The minimum Gasteiger partial charge on any atom is -0.341 e. The summed E-state index contributed by atoms with van der Waals surface area (Å²) >= 11 is 0. The summed E-state index contributed by atoms with van der Waals surface area (Å²) in [6, 6.07) is 9.88. The summed E-state index contributed by atoms with van der Waals surface area (Å²) < 4.78 is 0. The summed E-state index contributed by atoms with van der Waals surface area (Å²) in [7, 11) is 0. The van der Waals surface area contributed by atoms with Crippen molar-refractivity contribution in [2.24, 2.45) is 5.92 Å². The number of piperidine rings is 1. The first-order valence-electron chi connectivity index (χ1n) is 9.94. The molecule has 0 saturated carbocycles. The van der Waals surface area contributed by atoms with Gasteiger partial charge < -0.3 is 9.80 Å². The van der Waals surface area contributed by atoms with Crippen molar-refractivity contribution >= 4 is 11.8 Å². The molecule has 26 heavy (non-hydrogen) atoms. The maximum Gasteiger partial charge on any atom is 0.244 e. The Bertz CT molecular complexity index is 603. The molecule has 5 nitrogen and oxygen atoms in total. The number of piperazine rings is 1. The van der Waals surface area contributed by atoms with E-state index >= 15 is 0 Å². The van der Waals surface area contributed by atoms with Gasteiger partial charge in [-0.15, -0.1) is 0 Å². The highest BCUT2D eigenvalue weighted by atomic mass is 16.2. The van der Waals surface area contributed by atoms with E-state index in [4.69, 9.17) is 0 Å². The molecule has 1 aromatic rings. The second-order valence-electron chi connectivity index (χ2n) is 7.72. The molecule has 142 valence electrons. The highest BCUT2D eigenvalue weighted by molar-refractivity contribution is 5.83. The fraction of sp³-hybridized carbons (Fsp3) is 0.619. The molecule has 1 atom stereocenters. The van der Waals surface area contributed by atoms with Crippen molar-refractivity contribution in [3.05, 3.63) is 35.9 Å². The molecule has 2 heterocycles. The second-order valence-corrected chi connectivity index (χ2v) is 7.72. The van der Waals surface area contributed by atoms with Gasteiger partial charge in [0.15, 0.2) is 0 Å². The smallest absolute Gasteiger partial charge is 0.244 e. The Morgan fingerprint density at radius 1 is 0.769 bits per heavy atom. The lowest BCUT2D eigenvalue weighted by Crippen LogP contribution is -2.54.